The lowest BCUT2D eigenvalue weighted by atomic mass is 10.1. The predicted octanol–water partition coefficient (Wildman–Crippen LogP) is 2.81. The maximum absolute atomic E-state index is 5.36. The van der Waals surface area contributed by atoms with Crippen LogP contribution in [0.1, 0.15) is 43.6 Å². The van der Waals surface area contributed by atoms with Crippen molar-refractivity contribution in [3.8, 4) is 0 Å². The van der Waals surface area contributed by atoms with Crippen molar-refractivity contribution in [1.82, 2.24) is 15.5 Å². The highest BCUT2D eigenvalue weighted by atomic mass is 16.5. The zero-order valence-electron chi connectivity index (χ0n) is 12.0. The molecule has 1 aromatic heterocycles. The summed E-state index contributed by atoms with van der Waals surface area (Å²) in [5.74, 6) is 1.36. The van der Waals surface area contributed by atoms with E-state index in [4.69, 9.17) is 4.52 Å². The molecule has 0 saturated heterocycles. The first-order valence-electron chi connectivity index (χ1n) is 6.65. The minimum absolute atomic E-state index is 0.285. The summed E-state index contributed by atoms with van der Waals surface area (Å²) in [4.78, 5) is 4.49. The Morgan fingerprint density at radius 1 is 1.32 bits per heavy atom. The second-order valence-electron chi connectivity index (χ2n) is 5.34. The SMILES string of the molecule is CCNC(C)(C)c1nc(Cc2cccc(C)c2)no1. The van der Waals surface area contributed by atoms with Crippen LogP contribution in [-0.4, -0.2) is 16.7 Å². The van der Waals surface area contributed by atoms with Gasteiger partial charge in [0, 0.05) is 6.42 Å². The number of nitrogens with zero attached hydrogens (tertiary/aromatic N) is 2. The van der Waals surface area contributed by atoms with E-state index >= 15 is 0 Å². The highest BCUT2D eigenvalue weighted by molar-refractivity contribution is 5.24. The lowest BCUT2D eigenvalue weighted by Crippen LogP contribution is -2.36. The molecule has 102 valence electrons. The monoisotopic (exact) mass is 259 g/mol. The van der Waals surface area contributed by atoms with Gasteiger partial charge in [-0.3, -0.25) is 0 Å². The number of hydrogen-bond donors (Lipinski definition) is 1. The first-order valence-corrected chi connectivity index (χ1v) is 6.65. The van der Waals surface area contributed by atoms with E-state index in [2.05, 4.69) is 47.5 Å². The fraction of sp³-hybridized carbons (Fsp3) is 0.467. The van der Waals surface area contributed by atoms with Gasteiger partial charge in [-0.15, -0.1) is 0 Å². The Bertz CT molecular complexity index is 546. The van der Waals surface area contributed by atoms with Gasteiger partial charge in [0.25, 0.3) is 0 Å². The van der Waals surface area contributed by atoms with Gasteiger partial charge in [0.15, 0.2) is 5.82 Å². The molecular formula is C15H21N3O. The quantitative estimate of drug-likeness (QED) is 0.897. The van der Waals surface area contributed by atoms with E-state index in [9.17, 15) is 0 Å². The van der Waals surface area contributed by atoms with Crippen molar-refractivity contribution in [1.29, 1.82) is 0 Å². The summed E-state index contributed by atoms with van der Waals surface area (Å²) in [7, 11) is 0. The van der Waals surface area contributed by atoms with Gasteiger partial charge in [0.1, 0.15) is 0 Å². The van der Waals surface area contributed by atoms with Crippen LogP contribution in [0.25, 0.3) is 0 Å². The number of rotatable bonds is 5. The number of aryl methyl sites for hydroxylation is 1. The number of benzene rings is 1. The summed E-state index contributed by atoms with van der Waals surface area (Å²) in [5.41, 5.74) is 2.16. The average Bonchev–Trinajstić information content (AvgIpc) is 2.78. The lowest BCUT2D eigenvalue weighted by Gasteiger charge is -2.20. The molecule has 1 N–H and O–H groups in total. The Morgan fingerprint density at radius 2 is 2.11 bits per heavy atom. The lowest BCUT2D eigenvalue weighted by molar-refractivity contribution is 0.271. The van der Waals surface area contributed by atoms with E-state index in [1.165, 1.54) is 11.1 Å². The molecule has 0 aliphatic carbocycles. The molecule has 0 atom stereocenters. The summed E-state index contributed by atoms with van der Waals surface area (Å²) >= 11 is 0. The van der Waals surface area contributed by atoms with Crippen LogP contribution < -0.4 is 5.32 Å². The minimum Gasteiger partial charge on any atom is -0.337 e. The van der Waals surface area contributed by atoms with Gasteiger partial charge in [-0.05, 0) is 32.9 Å². The van der Waals surface area contributed by atoms with E-state index in [1.807, 2.05) is 19.9 Å². The molecule has 0 aliphatic heterocycles. The van der Waals surface area contributed by atoms with Crippen LogP contribution in [-0.2, 0) is 12.0 Å². The molecule has 2 rings (SSSR count). The number of aromatic nitrogens is 2. The molecule has 2 aromatic rings. The van der Waals surface area contributed by atoms with E-state index in [0.717, 1.165) is 12.4 Å². The van der Waals surface area contributed by atoms with Gasteiger partial charge in [-0.25, -0.2) is 0 Å². The summed E-state index contributed by atoms with van der Waals surface area (Å²) in [6.45, 7) is 9.09. The summed E-state index contributed by atoms with van der Waals surface area (Å²) in [6, 6.07) is 8.36. The van der Waals surface area contributed by atoms with Crippen LogP contribution >= 0.6 is 0 Å². The van der Waals surface area contributed by atoms with E-state index in [1.54, 1.807) is 0 Å². The summed E-state index contributed by atoms with van der Waals surface area (Å²) in [6.07, 6.45) is 0.702. The molecule has 1 heterocycles. The van der Waals surface area contributed by atoms with Crippen molar-refractivity contribution in [3.63, 3.8) is 0 Å². The van der Waals surface area contributed by atoms with Crippen LogP contribution in [0, 0.1) is 6.92 Å². The standard InChI is InChI=1S/C15H21N3O/c1-5-16-15(3,4)14-17-13(18-19-14)10-12-8-6-7-11(2)9-12/h6-9,16H,5,10H2,1-4H3. The highest BCUT2D eigenvalue weighted by Gasteiger charge is 2.26. The van der Waals surface area contributed by atoms with E-state index < -0.39 is 0 Å². The van der Waals surface area contributed by atoms with Crippen molar-refractivity contribution < 1.29 is 4.52 Å². The van der Waals surface area contributed by atoms with Gasteiger partial charge in [0.05, 0.1) is 5.54 Å². The van der Waals surface area contributed by atoms with E-state index in [0.29, 0.717) is 12.3 Å². The molecule has 0 fully saturated rings. The van der Waals surface area contributed by atoms with Crippen molar-refractivity contribution in [3.05, 3.63) is 47.1 Å². The predicted molar refractivity (Wildman–Crippen MR) is 75.0 cm³/mol. The molecule has 0 unspecified atom stereocenters. The van der Waals surface area contributed by atoms with E-state index in [-0.39, 0.29) is 5.54 Å². The fourth-order valence-electron chi connectivity index (χ4n) is 2.10. The maximum atomic E-state index is 5.36. The Kier molecular flexibility index (Phi) is 4.00. The first kappa shape index (κ1) is 13.7. The van der Waals surface area contributed by atoms with Crippen molar-refractivity contribution in [2.24, 2.45) is 0 Å². The normalized spacial score (nSPS) is 11.8. The fourth-order valence-corrected chi connectivity index (χ4v) is 2.10. The molecule has 0 amide bonds. The summed E-state index contributed by atoms with van der Waals surface area (Å²) in [5, 5.41) is 7.39. The molecule has 19 heavy (non-hydrogen) atoms. The zero-order valence-corrected chi connectivity index (χ0v) is 12.0. The minimum atomic E-state index is -0.285. The Balaban J connectivity index is 2.13. The van der Waals surface area contributed by atoms with Crippen molar-refractivity contribution in [2.45, 2.75) is 39.7 Å². The Morgan fingerprint density at radius 3 is 2.79 bits per heavy atom. The second kappa shape index (κ2) is 5.53. The number of nitrogens with one attached hydrogen (secondary N) is 1. The van der Waals surface area contributed by atoms with Crippen LogP contribution in [0.4, 0.5) is 0 Å². The third-order valence-electron chi connectivity index (χ3n) is 3.07. The third kappa shape index (κ3) is 3.41. The smallest absolute Gasteiger partial charge is 0.246 e. The molecule has 0 spiro atoms. The van der Waals surface area contributed by atoms with Gasteiger partial charge in [-0.2, -0.15) is 4.98 Å². The highest BCUT2D eigenvalue weighted by Crippen LogP contribution is 2.18. The average molecular weight is 259 g/mol. The van der Waals surface area contributed by atoms with Gasteiger partial charge in [0.2, 0.25) is 5.89 Å². The van der Waals surface area contributed by atoms with Crippen LogP contribution in [0.15, 0.2) is 28.8 Å². The largest absolute Gasteiger partial charge is 0.337 e. The molecule has 0 saturated carbocycles. The van der Waals surface area contributed by atoms with Gasteiger partial charge < -0.3 is 9.84 Å². The molecule has 4 nitrogen and oxygen atoms in total. The molecule has 1 aromatic carbocycles. The topological polar surface area (TPSA) is 51.0 Å². The van der Waals surface area contributed by atoms with Crippen LogP contribution in [0.2, 0.25) is 0 Å². The molecule has 0 bridgehead atoms. The zero-order chi connectivity index (χ0) is 13.9. The third-order valence-corrected chi connectivity index (χ3v) is 3.07. The van der Waals surface area contributed by atoms with Crippen LogP contribution in [0.3, 0.4) is 0 Å². The maximum Gasteiger partial charge on any atom is 0.246 e. The second-order valence-corrected chi connectivity index (χ2v) is 5.34. The number of hydrogen-bond acceptors (Lipinski definition) is 4. The van der Waals surface area contributed by atoms with Gasteiger partial charge in [-0.1, -0.05) is 41.9 Å². The van der Waals surface area contributed by atoms with Gasteiger partial charge >= 0.3 is 0 Å². The molecule has 0 radical (unpaired) electrons. The molecule has 0 aliphatic rings. The molecule has 4 heteroatoms. The van der Waals surface area contributed by atoms with Crippen LogP contribution in [0.5, 0.6) is 0 Å². The molecular weight excluding hydrogens is 238 g/mol. The van der Waals surface area contributed by atoms with Crippen molar-refractivity contribution in [2.75, 3.05) is 6.54 Å². The summed E-state index contributed by atoms with van der Waals surface area (Å²) < 4.78 is 5.36. The van der Waals surface area contributed by atoms with Crippen molar-refractivity contribution >= 4 is 0 Å². The Labute approximate surface area is 114 Å². The Hall–Kier alpha value is -1.68. The first-order chi connectivity index (χ1) is 9.01.